The van der Waals surface area contributed by atoms with Gasteiger partial charge < -0.3 is 15.0 Å². The first kappa shape index (κ1) is 21.4. The van der Waals surface area contributed by atoms with Crippen molar-refractivity contribution in [2.24, 2.45) is 5.92 Å². The first-order valence-corrected chi connectivity index (χ1v) is 9.50. The molecule has 2 atom stereocenters. The number of nitrogens with one attached hydrogen (secondary N) is 1. The summed E-state index contributed by atoms with van der Waals surface area (Å²) in [6.07, 6.45) is -1.24. The van der Waals surface area contributed by atoms with Gasteiger partial charge in [0.2, 0.25) is 5.91 Å². The van der Waals surface area contributed by atoms with Crippen molar-refractivity contribution in [3.05, 3.63) is 59.2 Å². The minimum atomic E-state index is -1.22. The zero-order chi connectivity index (χ0) is 22.0. The standard InChI is InChI=1S/C22H22F2N2O4/c1-12-5-4-6-19(13(12)2)26-11-15(9-20(26)27)22(29)30-14(3)21(28)25-18-8-7-16(23)10-17(18)24/h4-8,10,14-15H,9,11H2,1-3H3,(H,25,28)/t14-,15+/m1/s1. The van der Waals surface area contributed by atoms with Gasteiger partial charge in [-0.1, -0.05) is 12.1 Å². The normalized spacial score (nSPS) is 17.0. The van der Waals surface area contributed by atoms with E-state index >= 15 is 0 Å². The maximum Gasteiger partial charge on any atom is 0.312 e. The molecule has 0 aliphatic carbocycles. The molecule has 158 valence electrons. The Bertz CT molecular complexity index is 1010. The molecule has 0 radical (unpaired) electrons. The minimum Gasteiger partial charge on any atom is -0.452 e. The summed E-state index contributed by atoms with van der Waals surface area (Å²) in [6, 6.07) is 8.32. The van der Waals surface area contributed by atoms with Crippen molar-refractivity contribution in [2.45, 2.75) is 33.3 Å². The molecule has 3 rings (SSSR count). The second-order valence-corrected chi connectivity index (χ2v) is 7.32. The Hall–Kier alpha value is -3.29. The molecular formula is C22H22F2N2O4. The highest BCUT2D eigenvalue weighted by molar-refractivity contribution is 6.01. The zero-order valence-corrected chi connectivity index (χ0v) is 16.9. The first-order valence-electron chi connectivity index (χ1n) is 9.50. The lowest BCUT2D eigenvalue weighted by atomic mass is 10.1. The second-order valence-electron chi connectivity index (χ2n) is 7.32. The maximum absolute atomic E-state index is 13.7. The van der Waals surface area contributed by atoms with E-state index in [4.69, 9.17) is 4.74 Å². The van der Waals surface area contributed by atoms with E-state index in [2.05, 4.69) is 5.32 Å². The van der Waals surface area contributed by atoms with Gasteiger partial charge in [0.05, 0.1) is 11.6 Å². The molecule has 0 aromatic heterocycles. The molecular weight excluding hydrogens is 394 g/mol. The lowest BCUT2D eigenvalue weighted by Crippen LogP contribution is -2.33. The van der Waals surface area contributed by atoms with Gasteiger partial charge in [-0.3, -0.25) is 14.4 Å². The Balaban J connectivity index is 1.62. The monoisotopic (exact) mass is 416 g/mol. The molecule has 2 amide bonds. The number of amides is 2. The average molecular weight is 416 g/mol. The highest BCUT2D eigenvalue weighted by Gasteiger charge is 2.38. The Labute approximate surface area is 172 Å². The van der Waals surface area contributed by atoms with Crippen LogP contribution in [-0.2, 0) is 19.1 Å². The third-order valence-electron chi connectivity index (χ3n) is 5.18. The number of benzene rings is 2. The van der Waals surface area contributed by atoms with Crippen LogP contribution in [0, 0.1) is 31.4 Å². The van der Waals surface area contributed by atoms with Gasteiger partial charge in [-0.25, -0.2) is 8.78 Å². The van der Waals surface area contributed by atoms with E-state index < -0.39 is 35.5 Å². The number of anilines is 2. The van der Waals surface area contributed by atoms with Crippen LogP contribution in [0.5, 0.6) is 0 Å². The molecule has 0 spiro atoms. The van der Waals surface area contributed by atoms with Crippen LogP contribution < -0.4 is 10.2 Å². The van der Waals surface area contributed by atoms with Crippen LogP contribution in [0.2, 0.25) is 0 Å². The van der Waals surface area contributed by atoms with Crippen molar-refractivity contribution < 1.29 is 27.9 Å². The Kier molecular flexibility index (Phi) is 6.14. The van der Waals surface area contributed by atoms with Gasteiger partial charge in [-0.2, -0.15) is 0 Å². The predicted molar refractivity (Wildman–Crippen MR) is 107 cm³/mol. The maximum atomic E-state index is 13.7. The largest absolute Gasteiger partial charge is 0.452 e. The Morgan fingerprint density at radius 2 is 1.93 bits per heavy atom. The number of nitrogens with zero attached hydrogens (tertiary/aromatic N) is 1. The smallest absolute Gasteiger partial charge is 0.312 e. The number of rotatable bonds is 5. The van der Waals surface area contributed by atoms with Crippen molar-refractivity contribution in [2.75, 3.05) is 16.8 Å². The molecule has 2 aromatic carbocycles. The van der Waals surface area contributed by atoms with E-state index in [1.54, 1.807) is 4.90 Å². The highest BCUT2D eigenvalue weighted by atomic mass is 19.1. The van der Waals surface area contributed by atoms with Crippen molar-refractivity contribution >= 4 is 29.2 Å². The van der Waals surface area contributed by atoms with Crippen LogP contribution in [0.25, 0.3) is 0 Å². The molecule has 1 fully saturated rings. The lowest BCUT2D eigenvalue weighted by molar-refractivity contribution is -0.157. The van der Waals surface area contributed by atoms with E-state index in [1.165, 1.54) is 6.92 Å². The molecule has 1 N–H and O–H groups in total. The molecule has 1 heterocycles. The van der Waals surface area contributed by atoms with Crippen molar-refractivity contribution in [3.8, 4) is 0 Å². The fraction of sp³-hybridized carbons (Fsp3) is 0.318. The predicted octanol–water partition coefficient (Wildman–Crippen LogP) is 3.50. The van der Waals surface area contributed by atoms with E-state index in [-0.39, 0.29) is 24.6 Å². The number of hydrogen-bond donors (Lipinski definition) is 1. The van der Waals surface area contributed by atoms with E-state index in [0.717, 1.165) is 28.9 Å². The molecule has 1 aliphatic rings. The molecule has 1 saturated heterocycles. The lowest BCUT2D eigenvalue weighted by Gasteiger charge is -2.20. The van der Waals surface area contributed by atoms with Gasteiger partial charge in [-0.05, 0) is 50.1 Å². The second kappa shape index (κ2) is 8.61. The highest BCUT2D eigenvalue weighted by Crippen LogP contribution is 2.30. The van der Waals surface area contributed by atoms with Crippen molar-refractivity contribution in [1.29, 1.82) is 0 Å². The summed E-state index contributed by atoms with van der Waals surface area (Å²) in [6.45, 7) is 5.34. The summed E-state index contributed by atoms with van der Waals surface area (Å²) in [5, 5.41) is 2.26. The summed E-state index contributed by atoms with van der Waals surface area (Å²) in [7, 11) is 0. The first-order chi connectivity index (χ1) is 14.2. The van der Waals surface area contributed by atoms with Gasteiger partial charge >= 0.3 is 5.97 Å². The summed E-state index contributed by atoms with van der Waals surface area (Å²) < 4.78 is 31.8. The van der Waals surface area contributed by atoms with Crippen LogP contribution in [0.4, 0.5) is 20.2 Å². The van der Waals surface area contributed by atoms with Gasteiger partial charge in [-0.15, -0.1) is 0 Å². The van der Waals surface area contributed by atoms with Gasteiger partial charge in [0, 0.05) is 24.7 Å². The topological polar surface area (TPSA) is 75.7 Å². The zero-order valence-electron chi connectivity index (χ0n) is 16.9. The molecule has 0 unspecified atom stereocenters. The number of ether oxygens (including phenoxy) is 1. The fourth-order valence-corrected chi connectivity index (χ4v) is 3.28. The van der Waals surface area contributed by atoms with Gasteiger partial charge in [0.25, 0.3) is 5.91 Å². The number of aryl methyl sites for hydroxylation is 1. The van der Waals surface area contributed by atoms with Crippen LogP contribution in [0.1, 0.15) is 24.5 Å². The summed E-state index contributed by atoms with van der Waals surface area (Å²) in [4.78, 5) is 38.7. The van der Waals surface area contributed by atoms with Crippen LogP contribution in [0.3, 0.4) is 0 Å². The summed E-state index contributed by atoms with van der Waals surface area (Å²) in [5.41, 5.74) is 2.51. The molecule has 0 bridgehead atoms. The summed E-state index contributed by atoms with van der Waals surface area (Å²) >= 11 is 0. The van der Waals surface area contributed by atoms with Crippen LogP contribution in [0.15, 0.2) is 36.4 Å². The minimum absolute atomic E-state index is 0.0207. The van der Waals surface area contributed by atoms with Gasteiger partial charge in [0.15, 0.2) is 6.10 Å². The number of esters is 1. The Morgan fingerprint density at radius 3 is 2.63 bits per heavy atom. The van der Waals surface area contributed by atoms with Gasteiger partial charge in [0.1, 0.15) is 11.6 Å². The molecule has 30 heavy (non-hydrogen) atoms. The quantitative estimate of drug-likeness (QED) is 0.757. The number of carbonyl (C=O) groups excluding carboxylic acids is 3. The molecule has 8 heteroatoms. The van der Waals surface area contributed by atoms with Crippen molar-refractivity contribution in [3.63, 3.8) is 0 Å². The molecule has 1 aliphatic heterocycles. The van der Waals surface area contributed by atoms with E-state index in [9.17, 15) is 23.2 Å². The van der Waals surface area contributed by atoms with Crippen molar-refractivity contribution in [1.82, 2.24) is 0 Å². The molecule has 6 nitrogen and oxygen atoms in total. The third kappa shape index (κ3) is 4.48. The number of carbonyl (C=O) groups is 3. The number of halogens is 2. The molecule has 0 saturated carbocycles. The fourth-order valence-electron chi connectivity index (χ4n) is 3.28. The third-order valence-corrected chi connectivity index (χ3v) is 5.18. The average Bonchev–Trinajstić information content (AvgIpc) is 3.07. The van der Waals surface area contributed by atoms with E-state index in [0.29, 0.717) is 6.07 Å². The molecule has 2 aromatic rings. The van der Waals surface area contributed by atoms with Crippen LogP contribution >= 0.6 is 0 Å². The SMILES string of the molecule is Cc1cccc(N2C[C@@H](C(=O)O[C@H](C)C(=O)Nc3ccc(F)cc3F)CC2=O)c1C. The van der Waals surface area contributed by atoms with Crippen LogP contribution in [-0.4, -0.2) is 30.4 Å². The number of hydrogen-bond acceptors (Lipinski definition) is 4. The summed E-state index contributed by atoms with van der Waals surface area (Å²) in [5.74, 6) is -4.06. The Morgan fingerprint density at radius 1 is 1.20 bits per heavy atom. The van der Waals surface area contributed by atoms with E-state index in [1.807, 2.05) is 32.0 Å².